The number of carbonyl (C=O) groups excluding carboxylic acids is 2. The van der Waals surface area contributed by atoms with Crippen molar-refractivity contribution in [2.75, 3.05) is 38.2 Å². The predicted octanol–water partition coefficient (Wildman–Crippen LogP) is 0.961. The molecule has 120 valence electrons. The molecule has 0 unspecified atom stereocenters. The lowest BCUT2D eigenvalue weighted by Gasteiger charge is -2.47. The number of carbonyl (C=O) groups is 2. The van der Waals surface area contributed by atoms with Crippen LogP contribution in [0.15, 0.2) is 0 Å². The van der Waals surface area contributed by atoms with Crippen molar-refractivity contribution in [2.24, 2.45) is 5.92 Å². The first-order chi connectivity index (χ1) is 10.2. The molecule has 0 saturated carbocycles. The average molecular weight is 314 g/mol. The van der Waals surface area contributed by atoms with E-state index < -0.39 is 0 Å². The van der Waals surface area contributed by atoms with E-state index in [1.807, 2.05) is 16.1 Å². The van der Waals surface area contributed by atoms with Gasteiger partial charge in [-0.15, -0.1) is 0 Å². The molecule has 21 heavy (non-hydrogen) atoms. The molecule has 2 amide bonds. The van der Waals surface area contributed by atoms with E-state index in [0.29, 0.717) is 24.1 Å². The fourth-order valence-corrected chi connectivity index (χ4v) is 3.91. The predicted molar refractivity (Wildman–Crippen MR) is 84.1 cm³/mol. The molecular formula is C15H26N2O3S. The van der Waals surface area contributed by atoms with Gasteiger partial charge < -0.3 is 14.9 Å². The second kappa shape index (κ2) is 8.03. The maximum atomic E-state index is 12.1. The highest BCUT2D eigenvalue weighted by molar-refractivity contribution is 7.99. The number of piperidine rings is 2. The number of aliphatic hydroxyl groups is 1. The standard InChI is InChI=1S/C15H26N2O3S/c1-21-11-15(20)16-8-6-13-12(10-16)4-5-14(19)17(13)7-2-3-9-18/h12-13,18H,2-11H2,1H3/t12-,13-/m0/s1. The van der Waals surface area contributed by atoms with Crippen molar-refractivity contribution < 1.29 is 14.7 Å². The summed E-state index contributed by atoms with van der Waals surface area (Å²) in [5.74, 6) is 1.45. The Morgan fingerprint density at radius 2 is 2.19 bits per heavy atom. The molecule has 2 rings (SSSR count). The van der Waals surface area contributed by atoms with Crippen LogP contribution in [-0.4, -0.2) is 71.0 Å². The van der Waals surface area contributed by atoms with Gasteiger partial charge in [-0.3, -0.25) is 9.59 Å². The summed E-state index contributed by atoms with van der Waals surface area (Å²) >= 11 is 1.57. The average Bonchev–Trinajstić information content (AvgIpc) is 2.49. The van der Waals surface area contributed by atoms with E-state index in [4.69, 9.17) is 5.11 Å². The highest BCUT2D eigenvalue weighted by atomic mass is 32.2. The zero-order chi connectivity index (χ0) is 15.2. The van der Waals surface area contributed by atoms with E-state index >= 15 is 0 Å². The molecule has 0 bridgehead atoms. The van der Waals surface area contributed by atoms with Crippen molar-refractivity contribution in [1.82, 2.24) is 9.80 Å². The minimum absolute atomic E-state index is 0.188. The van der Waals surface area contributed by atoms with Gasteiger partial charge in [0.05, 0.1) is 5.75 Å². The van der Waals surface area contributed by atoms with E-state index in [9.17, 15) is 9.59 Å². The number of fused-ring (bicyclic) bond motifs is 1. The summed E-state index contributed by atoms with van der Waals surface area (Å²) < 4.78 is 0. The van der Waals surface area contributed by atoms with Crippen molar-refractivity contribution in [3.63, 3.8) is 0 Å². The fourth-order valence-electron chi connectivity index (χ4n) is 3.48. The number of hydrogen-bond acceptors (Lipinski definition) is 4. The van der Waals surface area contributed by atoms with Crippen LogP contribution in [-0.2, 0) is 9.59 Å². The highest BCUT2D eigenvalue weighted by Gasteiger charge is 2.39. The van der Waals surface area contributed by atoms with Gasteiger partial charge in [0, 0.05) is 38.7 Å². The third-order valence-electron chi connectivity index (χ3n) is 4.57. The normalized spacial score (nSPS) is 25.9. The number of nitrogens with zero attached hydrogens (tertiary/aromatic N) is 2. The van der Waals surface area contributed by atoms with Gasteiger partial charge in [0.2, 0.25) is 11.8 Å². The first-order valence-corrected chi connectivity index (χ1v) is 9.23. The quantitative estimate of drug-likeness (QED) is 0.742. The molecule has 2 saturated heterocycles. The SMILES string of the molecule is CSCC(=O)N1CC[C@H]2[C@@H](CCC(=O)N2CCCCO)C1. The number of rotatable bonds is 6. The number of amides is 2. The topological polar surface area (TPSA) is 60.9 Å². The Kier molecular flexibility index (Phi) is 6.36. The maximum absolute atomic E-state index is 12.1. The lowest BCUT2D eigenvalue weighted by molar-refractivity contribution is -0.143. The minimum Gasteiger partial charge on any atom is -0.396 e. The van der Waals surface area contributed by atoms with Crippen molar-refractivity contribution in [1.29, 1.82) is 0 Å². The lowest BCUT2D eigenvalue weighted by Crippen LogP contribution is -2.57. The van der Waals surface area contributed by atoms with Crippen LogP contribution in [0.25, 0.3) is 0 Å². The molecular weight excluding hydrogens is 288 g/mol. The van der Waals surface area contributed by atoms with Crippen LogP contribution in [0.1, 0.15) is 32.1 Å². The Morgan fingerprint density at radius 1 is 1.38 bits per heavy atom. The van der Waals surface area contributed by atoms with E-state index in [0.717, 1.165) is 45.3 Å². The van der Waals surface area contributed by atoms with E-state index in [2.05, 4.69) is 0 Å². The third kappa shape index (κ3) is 4.13. The van der Waals surface area contributed by atoms with Crippen molar-refractivity contribution >= 4 is 23.6 Å². The van der Waals surface area contributed by atoms with Crippen LogP contribution in [0.5, 0.6) is 0 Å². The van der Waals surface area contributed by atoms with E-state index in [-0.39, 0.29) is 18.4 Å². The van der Waals surface area contributed by atoms with Crippen molar-refractivity contribution in [3.05, 3.63) is 0 Å². The molecule has 0 radical (unpaired) electrons. The molecule has 0 aromatic carbocycles. The number of aliphatic hydroxyl groups excluding tert-OH is 1. The molecule has 6 heteroatoms. The summed E-state index contributed by atoms with van der Waals surface area (Å²) in [4.78, 5) is 28.2. The van der Waals surface area contributed by atoms with Gasteiger partial charge in [0.15, 0.2) is 0 Å². The van der Waals surface area contributed by atoms with Gasteiger partial charge in [0.25, 0.3) is 0 Å². The Labute approximate surface area is 131 Å². The van der Waals surface area contributed by atoms with Gasteiger partial charge in [-0.25, -0.2) is 0 Å². The third-order valence-corrected chi connectivity index (χ3v) is 5.11. The van der Waals surface area contributed by atoms with Crippen LogP contribution >= 0.6 is 11.8 Å². The van der Waals surface area contributed by atoms with Gasteiger partial charge in [-0.2, -0.15) is 11.8 Å². The largest absolute Gasteiger partial charge is 0.396 e. The molecule has 0 aromatic heterocycles. The molecule has 2 aliphatic rings. The Bertz CT molecular complexity index is 378. The second-order valence-electron chi connectivity index (χ2n) is 5.95. The summed E-state index contributed by atoms with van der Waals surface area (Å²) in [5.41, 5.74) is 0. The monoisotopic (exact) mass is 314 g/mol. The van der Waals surface area contributed by atoms with Crippen LogP contribution in [0, 0.1) is 5.92 Å². The molecule has 2 aliphatic heterocycles. The number of likely N-dealkylation sites (tertiary alicyclic amines) is 2. The molecule has 5 nitrogen and oxygen atoms in total. The number of hydrogen-bond donors (Lipinski definition) is 1. The lowest BCUT2D eigenvalue weighted by atomic mass is 9.83. The molecule has 0 spiro atoms. The van der Waals surface area contributed by atoms with Gasteiger partial charge in [-0.1, -0.05) is 0 Å². The molecule has 2 heterocycles. The molecule has 2 fully saturated rings. The summed E-state index contributed by atoms with van der Waals surface area (Å²) in [6, 6.07) is 0.295. The van der Waals surface area contributed by atoms with Gasteiger partial charge >= 0.3 is 0 Å². The minimum atomic E-state index is 0.188. The second-order valence-corrected chi connectivity index (χ2v) is 6.81. The number of thioether (sulfide) groups is 1. The molecule has 2 atom stereocenters. The molecule has 0 aliphatic carbocycles. The maximum Gasteiger partial charge on any atom is 0.232 e. The van der Waals surface area contributed by atoms with Crippen LogP contribution in [0.4, 0.5) is 0 Å². The van der Waals surface area contributed by atoms with Crippen LogP contribution in [0.3, 0.4) is 0 Å². The van der Waals surface area contributed by atoms with Crippen molar-refractivity contribution in [2.45, 2.75) is 38.1 Å². The fraction of sp³-hybridized carbons (Fsp3) is 0.867. The van der Waals surface area contributed by atoms with Gasteiger partial charge in [0.1, 0.15) is 0 Å². The molecule has 1 N–H and O–H groups in total. The zero-order valence-corrected chi connectivity index (χ0v) is 13.6. The first kappa shape index (κ1) is 16.6. The van der Waals surface area contributed by atoms with Crippen molar-refractivity contribution in [3.8, 4) is 0 Å². The van der Waals surface area contributed by atoms with E-state index in [1.54, 1.807) is 11.8 Å². The Morgan fingerprint density at radius 3 is 2.90 bits per heavy atom. The Balaban J connectivity index is 1.93. The molecule has 0 aromatic rings. The van der Waals surface area contributed by atoms with Crippen LogP contribution < -0.4 is 0 Å². The summed E-state index contributed by atoms with van der Waals surface area (Å²) in [6.45, 7) is 2.50. The van der Waals surface area contributed by atoms with Gasteiger partial charge in [-0.05, 0) is 37.9 Å². The highest BCUT2D eigenvalue weighted by Crippen LogP contribution is 2.31. The Hall–Kier alpha value is -0.750. The van der Waals surface area contributed by atoms with E-state index in [1.165, 1.54) is 0 Å². The number of unbranched alkanes of at least 4 members (excludes halogenated alkanes) is 1. The first-order valence-electron chi connectivity index (χ1n) is 7.84. The van der Waals surface area contributed by atoms with Crippen LogP contribution in [0.2, 0.25) is 0 Å². The summed E-state index contributed by atoms with van der Waals surface area (Å²) in [6.07, 6.45) is 5.97. The summed E-state index contributed by atoms with van der Waals surface area (Å²) in [5, 5.41) is 8.89. The summed E-state index contributed by atoms with van der Waals surface area (Å²) in [7, 11) is 0. The smallest absolute Gasteiger partial charge is 0.232 e. The zero-order valence-electron chi connectivity index (χ0n) is 12.8.